The predicted octanol–water partition coefficient (Wildman–Crippen LogP) is 3.39. The van der Waals surface area contributed by atoms with Crippen molar-refractivity contribution >= 4 is 5.96 Å². The second-order valence-corrected chi connectivity index (χ2v) is 6.71. The third kappa shape index (κ3) is 4.85. The van der Waals surface area contributed by atoms with Crippen molar-refractivity contribution in [2.45, 2.75) is 13.0 Å². The molecule has 6 heteroatoms. The second-order valence-electron chi connectivity index (χ2n) is 6.71. The van der Waals surface area contributed by atoms with Crippen molar-refractivity contribution in [2.24, 2.45) is 4.99 Å². The predicted molar refractivity (Wildman–Crippen MR) is 114 cm³/mol. The number of rotatable bonds is 6. The minimum Gasteiger partial charge on any atom is -0.454 e. The van der Waals surface area contributed by atoms with Crippen molar-refractivity contribution in [1.29, 1.82) is 0 Å². The highest BCUT2D eigenvalue weighted by Crippen LogP contribution is 2.32. The van der Waals surface area contributed by atoms with Gasteiger partial charge in [0.15, 0.2) is 17.5 Å². The SMILES string of the molecule is CN=C(NCCc1ccc2c(c1)OCO2)NCc1cccc(-c2ccccn2)c1. The van der Waals surface area contributed by atoms with Gasteiger partial charge in [-0.15, -0.1) is 0 Å². The minimum atomic E-state index is 0.301. The van der Waals surface area contributed by atoms with E-state index in [1.165, 1.54) is 11.1 Å². The molecule has 6 nitrogen and oxygen atoms in total. The maximum Gasteiger partial charge on any atom is 0.231 e. The number of benzene rings is 2. The normalized spacial score (nSPS) is 12.7. The molecule has 2 heterocycles. The van der Waals surface area contributed by atoms with Crippen LogP contribution in [0.25, 0.3) is 11.3 Å². The zero-order valence-electron chi connectivity index (χ0n) is 16.4. The highest BCUT2D eigenvalue weighted by Gasteiger charge is 2.13. The fourth-order valence-electron chi connectivity index (χ4n) is 3.20. The first-order chi connectivity index (χ1) is 14.3. The lowest BCUT2D eigenvalue weighted by atomic mass is 10.1. The van der Waals surface area contributed by atoms with Crippen LogP contribution in [-0.4, -0.2) is 31.3 Å². The summed E-state index contributed by atoms with van der Waals surface area (Å²) < 4.78 is 10.8. The highest BCUT2D eigenvalue weighted by atomic mass is 16.7. The van der Waals surface area contributed by atoms with Crippen molar-refractivity contribution in [3.63, 3.8) is 0 Å². The minimum absolute atomic E-state index is 0.301. The topological polar surface area (TPSA) is 67.8 Å². The van der Waals surface area contributed by atoms with Gasteiger partial charge in [0, 0.05) is 31.9 Å². The van der Waals surface area contributed by atoms with Gasteiger partial charge < -0.3 is 20.1 Å². The number of fused-ring (bicyclic) bond motifs is 1. The second kappa shape index (κ2) is 9.10. The molecule has 4 rings (SSSR count). The quantitative estimate of drug-likeness (QED) is 0.501. The molecule has 2 N–H and O–H groups in total. The number of nitrogens with one attached hydrogen (secondary N) is 2. The van der Waals surface area contributed by atoms with E-state index < -0.39 is 0 Å². The van der Waals surface area contributed by atoms with Crippen LogP contribution in [0.5, 0.6) is 11.5 Å². The molecular formula is C23H24N4O2. The van der Waals surface area contributed by atoms with E-state index in [2.05, 4.69) is 50.9 Å². The number of aliphatic imine (C=N–C) groups is 1. The van der Waals surface area contributed by atoms with Gasteiger partial charge in [0.2, 0.25) is 6.79 Å². The summed E-state index contributed by atoms with van der Waals surface area (Å²) >= 11 is 0. The van der Waals surface area contributed by atoms with Gasteiger partial charge in [0.05, 0.1) is 5.69 Å². The Morgan fingerprint density at radius 2 is 1.90 bits per heavy atom. The standard InChI is InChI=1S/C23H24N4O2/c1-24-23(26-12-10-17-8-9-21-22(14-17)29-16-28-21)27-15-18-5-4-6-19(13-18)20-7-2-3-11-25-20/h2-9,11,13-14H,10,12,15-16H2,1H3,(H2,24,26,27). The molecule has 1 aromatic heterocycles. The number of aromatic nitrogens is 1. The van der Waals surface area contributed by atoms with Gasteiger partial charge in [-0.1, -0.05) is 30.3 Å². The van der Waals surface area contributed by atoms with E-state index >= 15 is 0 Å². The van der Waals surface area contributed by atoms with E-state index in [0.29, 0.717) is 13.3 Å². The monoisotopic (exact) mass is 388 g/mol. The van der Waals surface area contributed by atoms with Crippen LogP contribution in [0.15, 0.2) is 71.9 Å². The first-order valence-electron chi connectivity index (χ1n) is 9.65. The van der Waals surface area contributed by atoms with Crippen LogP contribution in [0.2, 0.25) is 0 Å². The van der Waals surface area contributed by atoms with Crippen LogP contribution in [0, 0.1) is 0 Å². The van der Waals surface area contributed by atoms with Gasteiger partial charge in [-0.3, -0.25) is 9.98 Å². The molecule has 0 atom stereocenters. The summed E-state index contributed by atoms with van der Waals surface area (Å²) in [5.41, 5.74) is 4.45. The maximum atomic E-state index is 5.43. The van der Waals surface area contributed by atoms with Gasteiger partial charge in [-0.25, -0.2) is 0 Å². The van der Waals surface area contributed by atoms with Crippen LogP contribution in [0.3, 0.4) is 0 Å². The Kier molecular flexibility index (Phi) is 5.90. The largest absolute Gasteiger partial charge is 0.454 e. The summed E-state index contributed by atoms with van der Waals surface area (Å²) in [6.07, 6.45) is 2.68. The molecule has 0 bridgehead atoms. The third-order valence-corrected chi connectivity index (χ3v) is 4.71. The lowest BCUT2D eigenvalue weighted by Crippen LogP contribution is -2.37. The van der Waals surface area contributed by atoms with E-state index in [4.69, 9.17) is 9.47 Å². The molecule has 0 radical (unpaired) electrons. The Bertz CT molecular complexity index is 989. The van der Waals surface area contributed by atoms with Crippen molar-refractivity contribution in [3.8, 4) is 22.8 Å². The summed E-state index contributed by atoms with van der Waals surface area (Å²) in [6, 6.07) is 20.4. The van der Waals surface area contributed by atoms with E-state index in [1.54, 1.807) is 7.05 Å². The number of hydrogen-bond acceptors (Lipinski definition) is 4. The Labute approximate surface area is 170 Å². The van der Waals surface area contributed by atoms with E-state index in [0.717, 1.165) is 41.7 Å². The summed E-state index contributed by atoms with van der Waals surface area (Å²) in [5.74, 6) is 2.40. The molecule has 1 aliphatic heterocycles. The fraction of sp³-hybridized carbons (Fsp3) is 0.217. The average molecular weight is 388 g/mol. The molecule has 0 unspecified atom stereocenters. The van der Waals surface area contributed by atoms with Crippen LogP contribution in [-0.2, 0) is 13.0 Å². The average Bonchev–Trinajstić information content (AvgIpc) is 3.25. The molecule has 2 aromatic carbocycles. The summed E-state index contributed by atoms with van der Waals surface area (Å²) in [5, 5.41) is 6.72. The third-order valence-electron chi connectivity index (χ3n) is 4.71. The molecular weight excluding hydrogens is 364 g/mol. The maximum absolute atomic E-state index is 5.43. The molecule has 0 spiro atoms. The van der Waals surface area contributed by atoms with Gasteiger partial charge in [0.1, 0.15) is 0 Å². The number of guanidine groups is 1. The number of pyridine rings is 1. The molecule has 3 aromatic rings. The molecule has 0 amide bonds. The smallest absolute Gasteiger partial charge is 0.231 e. The van der Waals surface area contributed by atoms with E-state index in [-0.39, 0.29) is 0 Å². The first-order valence-corrected chi connectivity index (χ1v) is 9.65. The van der Waals surface area contributed by atoms with Crippen molar-refractivity contribution in [2.75, 3.05) is 20.4 Å². The fourth-order valence-corrected chi connectivity index (χ4v) is 3.20. The summed E-state index contributed by atoms with van der Waals surface area (Å²) in [7, 11) is 1.78. The molecule has 0 aliphatic carbocycles. The van der Waals surface area contributed by atoms with Crippen LogP contribution < -0.4 is 20.1 Å². The number of nitrogens with zero attached hydrogens (tertiary/aromatic N) is 2. The van der Waals surface area contributed by atoms with E-state index in [1.807, 2.05) is 36.5 Å². The van der Waals surface area contributed by atoms with Gasteiger partial charge >= 0.3 is 0 Å². The van der Waals surface area contributed by atoms with Crippen LogP contribution in [0.1, 0.15) is 11.1 Å². The molecule has 29 heavy (non-hydrogen) atoms. The number of ether oxygens (including phenoxy) is 2. The highest BCUT2D eigenvalue weighted by molar-refractivity contribution is 5.79. The van der Waals surface area contributed by atoms with Gasteiger partial charge in [-0.2, -0.15) is 0 Å². The Hall–Kier alpha value is -3.54. The lowest BCUT2D eigenvalue weighted by Gasteiger charge is -2.13. The molecule has 148 valence electrons. The Balaban J connectivity index is 1.29. The number of hydrogen-bond donors (Lipinski definition) is 2. The first kappa shape index (κ1) is 18.8. The molecule has 1 aliphatic rings. The van der Waals surface area contributed by atoms with Crippen molar-refractivity contribution < 1.29 is 9.47 Å². The van der Waals surface area contributed by atoms with Crippen molar-refractivity contribution in [1.82, 2.24) is 15.6 Å². The molecule has 0 fully saturated rings. The zero-order chi connectivity index (χ0) is 19.9. The summed E-state index contributed by atoms with van der Waals surface area (Å²) in [6.45, 7) is 1.76. The van der Waals surface area contributed by atoms with Gasteiger partial charge in [0.25, 0.3) is 0 Å². The van der Waals surface area contributed by atoms with Crippen LogP contribution >= 0.6 is 0 Å². The molecule has 0 saturated carbocycles. The lowest BCUT2D eigenvalue weighted by molar-refractivity contribution is 0.174. The Morgan fingerprint density at radius 1 is 0.966 bits per heavy atom. The van der Waals surface area contributed by atoms with Crippen LogP contribution in [0.4, 0.5) is 0 Å². The van der Waals surface area contributed by atoms with Crippen molar-refractivity contribution in [3.05, 3.63) is 78.0 Å². The molecule has 0 saturated heterocycles. The summed E-state index contributed by atoms with van der Waals surface area (Å²) in [4.78, 5) is 8.73. The van der Waals surface area contributed by atoms with E-state index in [9.17, 15) is 0 Å². The Morgan fingerprint density at radius 3 is 2.76 bits per heavy atom. The zero-order valence-corrected chi connectivity index (χ0v) is 16.4. The van der Waals surface area contributed by atoms with Gasteiger partial charge in [-0.05, 0) is 47.9 Å².